The molecule has 0 aliphatic rings. The normalized spacial score (nSPS) is 10.6. The molecule has 10 heteroatoms. The lowest BCUT2D eigenvalue weighted by molar-refractivity contribution is -0.133. The first kappa shape index (κ1) is 22.5. The van der Waals surface area contributed by atoms with Crippen molar-refractivity contribution in [3.8, 4) is 5.75 Å². The van der Waals surface area contributed by atoms with Crippen LogP contribution in [0.1, 0.15) is 13.8 Å². The minimum absolute atomic E-state index is 0.0282. The van der Waals surface area contributed by atoms with Gasteiger partial charge in [0.15, 0.2) is 5.82 Å². The smallest absolute Gasteiger partial charge is 0.345 e. The van der Waals surface area contributed by atoms with Crippen LogP contribution < -0.4 is 15.8 Å². The molecule has 0 atom stereocenters. The molecule has 0 unspecified atom stereocenters. The molecule has 1 aromatic heterocycles. The highest BCUT2D eigenvalue weighted by atomic mass is 35.5. The Morgan fingerprint density at radius 2 is 1.93 bits per heavy atom. The van der Waals surface area contributed by atoms with E-state index in [1.54, 1.807) is 12.1 Å². The first-order valence-electron chi connectivity index (χ1n) is 8.73. The number of fused-ring (bicyclic) bond motifs is 1. The van der Waals surface area contributed by atoms with Crippen molar-refractivity contribution in [1.29, 1.82) is 0 Å². The number of halogens is 4. The van der Waals surface area contributed by atoms with Crippen LogP contribution in [-0.2, 0) is 4.74 Å². The quantitative estimate of drug-likeness (QED) is 0.387. The van der Waals surface area contributed by atoms with Gasteiger partial charge in [-0.15, -0.1) is 0 Å². The molecule has 3 N–H and O–H groups in total. The summed E-state index contributed by atoms with van der Waals surface area (Å²) in [7, 11) is 0. The molecule has 0 saturated heterocycles. The molecule has 3 aromatic rings. The maximum Gasteiger partial charge on any atom is 0.345 e. The number of ether oxygens (including phenoxy) is 2. The molecule has 0 saturated carbocycles. The van der Waals surface area contributed by atoms with Gasteiger partial charge in [0.05, 0.1) is 28.5 Å². The van der Waals surface area contributed by atoms with Gasteiger partial charge in [-0.05, 0) is 18.2 Å². The number of nitrogen functional groups attached to an aromatic ring is 1. The Bertz CT molecular complexity index is 960. The molecule has 1 heterocycles. The average molecular weight is 429 g/mol. The van der Waals surface area contributed by atoms with Gasteiger partial charge in [0.1, 0.15) is 24.5 Å². The van der Waals surface area contributed by atoms with Crippen molar-refractivity contribution in [3.63, 3.8) is 0 Å². The van der Waals surface area contributed by atoms with Crippen molar-refractivity contribution in [3.05, 3.63) is 47.5 Å². The van der Waals surface area contributed by atoms with E-state index in [9.17, 15) is 13.2 Å². The van der Waals surface area contributed by atoms with E-state index in [1.165, 1.54) is 24.5 Å². The highest BCUT2D eigenvalue weighted by molar-refractivity contribution is 6.31. The molecule has 6 nitrogen and oxygen atoms in total. The van der Waals surface area contributed by atoms with Gasteiger partial charge >= 0.3 is 6.61 Å². The van der Waals surface area contributed by atoms with E-state index in [-0.39, 0.29) is 35.4 Å². The van der Waals surface area contributed by atoms with Gasteiger partial charge in [-0.2, -0.15) is 8.78 Å². The van der Waals surface area contributed by atoms with Gasteiger partial charge in [-0.25, -0.2) is 14.4 Å². The number of benzene rings is 2. The van der Waals surface area contributed by atoms with E-state index < -0.39 is 12.4 Å². The van der Waals surface area contributed by atoms with Gasteiger partial charge in [0, 0.05) is 11.5 Å². The monoisotopic (exact) mass is 428 g/mol. The van der Waals surface area contributed by atoms with Gasteiger partial charge in [0.2, 0.25) is 0 Å². The molecule has 0 amide bonds. The first-order valence-corrected chi connectivity index (χ1v) is 9.11. The molecule has 2 aromatic carbocycles. The minimum atomic E-state index is -2.86. The maximum atomic E-state index is 14.1. The van der Waals surface area contributed by atoms with Gasteiger partial charge in [-0.3, -0.25) is 0 Å². The number of hydrogen-bond donors (Lipinski definition) is 2. The van der Waals surface area contributed by atoms with E-state index in [0.29, 0.717) is 16.7 Å². The standard InChI is InChI=1S/C17H14ClF3N4O2.C2H6/c18-10-2-1-3-12(15(10)19)25-16-9-6-11(22)14(7-13(9)23-8-24-16)26-4-5-27-17(20)21;1-2/h1-3,6-8,17H,4-5,22H2,(H,23,24,25);1-2H3. The molecule has 156 valence electrons. The van der Waals surface area contributed by atoms with Crippen molar-refractivity contribution in [2.75, 3.05) is 24.3 Å². The summed E-state index contributed by atoms with van der Waals surface area (Å²) in [6.07, 6.45) is 1.28. The third kappa shape index (κ3) is 5.85. The third-order valence-electron chi connectivity index (χ3n) is 3.56. The van der Waals surface area contributed by atoms with Crippen LogP contribution in [0.25, 0.3) is 10.9 Å². The van der Waals surface area contributed by atoms with Crippen LogP contribution >= 0.6 is 11.6 Å². The second-order valence-corrected chi connectivity index (χ2v) is 5.74. The minimum Gasteiger partial charge on any atom is -0.489 e. The van der Waals surface area contributed by atoms with Crippen molar-refractivity contribution >= 4 is 39.7 Å². The SMILES string of the molecule is CC.Nc1cc2c(Nc3cccc(Cl)c3F)ncnc2cc1OCCOC(F)F. The first-order chi connectivity index (χ1) is 14.0. The number of nitrogens with one attached hydrogen (secondary N) is 1. The molecule has 0 radical (unpaired) electrons. The number of anilines is 3. The molecule has 0 fully saturated rings. The van der Waals surface area contributed by atoms with E-state index in [1.807, 2.05) is 13.8 Å². The van der Waals surface area contributed by atoms with E-state index in [2.05, 4.69) is 20.0 Å². The molecule has 0 bridgehead atoms. The Labute approximate surface area is 170 Å². The highest BCUT2D eigenvalue weighted by Gasteiger charge is 2.12. The predicted molar refractivity (Wildman–Crippen MR) is 107 cm³/mol. The summed E-state index contributed by atoms with van der Waals surface area (Å²) in [6.45, 7) is 0.736. The fourth-order valence-electron chi connectivity index (χ4n) is 2.34. The zero-order valence-electron chi connectivity index (χ0n) is 15.8. The van der Waals surface area contributed by atoms with Crippen LogP contribution in [0.15, 0.2) is 36.7 Å². The summed E-state index contributed by atoms with van der Waals surface area (Å²) in [4.78, 5) is 8.23. The fraction of sp³-hybridized carbons (Fsp3) is 0.263. The van der Waals surface area contributed by atoms with Crippen LogP contribution in [0.3, 0.4) is 0 Å². The van der Waals surface area contributed by atoms with Crippen molar-refractivity contribution < 1.29 is 22.6 Å². The van der Waals surface area contributed by atoms with Crippen molar-refractivity contribution in [2.24, 2.45) is 0 Å². The summed E-state index contributed by atoms with van der Waals surface area (Å²) in [5.74, 6) is -0.0303. The lowest BCUT2D eigenvalue weighted by Gasteiger charge is -2.13. The topological polar surface area (TPSA) is 82.3 Å². The number of nitrogens with two attached hydrogens (primary N) is 1. The lowest BCUT2D eigenvalue weighted by Crippen LogP contribution is -2.10. The van der Waals surface area contributed by atoms with Crippen molar-refractivity contribution in [1.82, 2.24) is 9.97 Å². The van der Waals surface area contributed by atoms with Gasteiger partial charge < -0.3 is 20.5 Å². The largest absolute Gasteiger partial charge is 0.489 e. The van der Waals surface area contributed by atoms with Gasteiger partial charge in [-0.1, -0.05) is 31.5 Å². The Balaban J connectivity index is 0.00000145. The average Bonchev–Trinajstić information content (AvgIpc) is 2.71. The Kier molecular flexibility index (Phi) is 8.29. The van der Waals surface area contributed by atoms with Crippen LogP contribution in [0.4, 0.5) is 30.4 Å². The van der Waals surface area contributed by atoms with Crippen molar-refractivity contribution in [2.45, 2.75) is 20.5 Å². The molecule has 0 aliphatic carbocycles. The number of rotatable bonds is 7. The Hall–Kier alpha value is -2.78. The maximum absolute atomic E-state index is 14.1. The molecular weight excluding hydrogens is 409 g/mol. The van der Waals surface area contributed by atoms with Gasteiger partial charge in [0.25, 0.3) is 0 Å². The lowest BCUT2D eigenvalue weighted by atomic mass is 10.2. The predicted octanol–water partition coefficient (Wildman–Crippen LogP) is 5.39. The second-order valence-electron chi connectivity index (χ2n) is 5.34. The second kappa shape index (κ2) is 10.7. The van der Waals surface area contributed by atoms with E-state index in [0.717, 1.165) is 0 Å². The van der Waals surface area contributed by atoms with Crippen LogP contribution in [0.5, 0.6) is 5.75 Å². The zero-order valence-corrected chi connectivity index (χ0v) is 16.5. The van der Waals surface area contributed by atoms with Crippen LogP contribution in [-0.4, -0.2) is 29.8 Å². The zero-order chi connectivity index (χ0) is 21.4. The highest BCUT2D eigenvalue weighted by Crippen LogP contribution is 2.32. The number of aromatic nitrogens is 2. The van der Waals surface area contributed by atoms with E-state index >= 15 is 0 Å². The summed E-state index contributed by atoms with van der Waals surface area (Å²) in [5.41, 5.74) is 6.80. The van der Waals surface area contributed by atoms with Crippen LogP contribution in [0.2, 0.25) is 5.02 Å². The molecule has 0 aliphatic heterocycles. The summed E-state index contributed by atoms with van der Waals surface area (Å²) >= 11 is 5.78. The number of alkyl halides is 2. The van der Waals surface area contributed by atoms with E-state index in [4.69, 9.17) is 22.1 Å². The summed E-state index contributed by atoms with van der Waals surface area (Å²) < 4.78 is 47.5. The van der Waals surface area contributed by atoms with Crippen LogP contribution in [0, 0.1) is 5.82 Å². The Morgan fingerprint density at radius 1 is 1.17 bits per heavy atom. The summed E-state index contributed by atoms with van der Waals surface area (Å²) in [5, 5.41) is 3.35. The number of hydrogen-bond acceptors (Lipinski definition) is 6. The number of nitrogens with zero attached hydrogens (tertiary/aromatic N) is 2. The third-order valence-corrected chi connectivity index (χ3v) is 3.85. The molecule has 0 spiro atoms. The fourth-order valence-corrected chi connectivity index (χ4v) is 2.52. The molecule has 3 rings (SSSR count). The molecule has 29 heavy (non-hydrogen) atoms. The Morgan fingerprint density at radius 3 is 2.66 bits per heavy atom. The summed E-state index contributed by atoms with van der Waals surface area (Å²) in [6, 6.07) is 7.62. The molecular formula is C19H20ClF3N4O2.